The fourth-order valence-electron chi connectivity index (χ4n) is 3.35. The SMILES string of the molecule is Cc1ccc(CC2Cc3cccc(/C=C/c4ccccc4)c3O2)cc1. The Morgan fingerprint density at radius 2 is 1.68 bits per heavy atom. The van der Waals surface area contributed by atoms with Crippen LogP contribution >= 0.6 is 0 Å². The Labute approximate surface area is 149 Å². The summed E-state index contributed by atoms with van der Waals surface area (Å²) < 4.78 is 6.31. The third-order valence-corrected chi connectivity index (χ3v) is 4.70. The Morgan fingerprint density at radius 1 is 0.880 bits per heavy atom. The standard InChI is InChI=1S/C24H22O/c1-18-10-12-20(13-11-18)16-23-17-22-9-5-8-21(24(22)25-23)15-14-19-6-3-2-4-7-19/h2-15,23H,16-17H2,1H3/b15-14+. The van der Waals surface area contributed by atoms with Crippen molar-refractivity contribution in [2.75, 3.05) is 0 Å². The summed E-state index contributed by atoms with van der Waals surface area (Å²) in [5.74, 6) is 1.05. The second-order valence-corrected chi connectivity index (χ2v) is 6.71. The van der Waals surface area contributed by atoms with E-state index < -0.39 is 0 Å². The fourth-order valence-corrected chi connectivity index (χ4v) is 3.35. The van der Waals surface area contributed by atoms with Crippen molar-refractivity contribution in [2.45, 2.75) is 25.9 Å². The number of benzene rings is 3. The molecule has 1 atom stereocenters. The highest BCUT2D eigenvalue weighted by Crippen LogP contribution is 2.34. The minimum atomic E-state index is 0.226. The van der Waals surface area contributed by atoms with Gasteiger partial charge < -0.3 is 4.74 Å². The first-order valence-corrected chi connectivity index (χ1v) is 8.85. The Balaban J connectivity index is 1.51. The predicted molar refractivity (Wildman–Crippen MR) is 105 cm³/mol. The second-order valence-electron chi connectivity index (χ2n) is 6.71. The van der Waals surface area contributed by atoms with Gasteiger partial charge in [0.1, 0.15) is 11.9 Å². The average Bonchev–Trinajstić information content (AvgIpc) is 3.06. The van der Waals surface area contributed by atoms with Crippen molar-refractivity contribution in [1.29, 1.82) is 0 Å². The molecule has 0 fully saturated rings. The summed E-state index contributed by atoms with van der Waals surface area (Å²) in [7, 11) is 0. The van der Waals surface area contributed by atoms with Crippen LogP contribution in [0.25, 0.3) is 12.2 Å². The second kappa shape index (κ2) is 6.98. The van der Waals surface area contributed by atoms with E-state index in [0.717, 1.165) is 24.2 Å². The monoisotopic (exact) mass is 326 g/mol. The largest absolute Gasteiger partial charge is 0.489 e. The molecule has 1 aliphatic heterocycles. The molecule has 3 aromatic rings. The van der Waals surface area contributed by atoms with Crippen molar-refractivity contribution in [3.05, 3.63) is 101 Å². The Bertz CT molecular complexity index is 876. The maximum absolute atomic E-state index is 6.31. The van der Waals surface area contributed by atoms with Crippen LogP contribution in [0.2, 0.25) is 0 Å². The van der Waals surface area contributed by atoms with Gasteiger partial charge in [-0.15, -0.1) is 0 Å². The molecule has 25 heavy (non-hydrogen) atoms. The summed E-state index contributed by atoms with van der Waals surface area (Å²) in [5, 5.41) is 0. The lowest BCUT2D eigenvalue weighted by molar-refractivity contribution is 0.233. The van der Waals surface area contributed by atoms with E-state index in [1.165, 1.54) is 22.3 Å². The molecule has 0 spiro atoms. The minimum Gasteiger partial charge on any atom is -0.489 e. The maximum atomic E-state index is 6.31. The highest BCUT2D eigenvalue weighted by molar-refractivity contribution is 5.73. The molecule has 1 aliphatic rings. The molecule has 0 aliphatic carbocycles. The molecule has 0 N–H and O–H groups in total. The summed E-state index contributed by atoms with van der Waals surface area (Å²) in [6.45, 7) is 2.12. The highest BCUT2D eigenvalue weighted by atomic mass is 16.5. The first-order valence-electron chi connectivity index (χ1n) is 8.85. The lowest BCUT2D eigenvalue weighted by Gasteiger charge is -2.12. The molecule has 1 nitrogen and oxygen atoms in total. The number of para-hydroxylation sites is 1. The Kier molecular flexibility index (Phi) is 4.39. The first-order chi connectivity index (χ1) is 12.3. The minimum absolute atomic E-state index is 0.226. The molecule has 0 radical (unpaired) electrons. The molecule has 1 heterocycles. The van der Waals surface area contributed by atoms with Crippen LogP contribution in [0.5, 0.6) is 5.75 Å². The topological polar surface area (TPSA) is 9.23 Å². The Hall–Kier alpha value is -2.80. The normalized spacial score (nSPS) is 16.0. The van der Waals surface area contributed by atoms with Crippen LogP contribution in [0.1, 0.15) is 27.8 Å². The van der Waals surface area contributed by atoms with E-state index >= 15 is 0 Å². The zero-order chi connectivity index (χ0) is 17.1. The van der Waals surface area contributed by atoms with E-state index in [4.69, 9.17) is 4.74 Å². The van der Waals surface area contributed by atoms with Crippen molar-refractivity contribution in [3.63, 3.8) is 0 Å². The first kappa shape index (κ1) is 15.7. The smallest absolute Gasteiger partial charge is 0.130 e. The summed E-state index contributed by atoms with van der Waals surface area (Å²) in [4.78, 5) is 0. The lowest BCUT2D eigenvalue weighted by Crippen LogP contribution is -2.16. The highest BCUT2D eigenvalue weighted by Gasteiger charge is 2.24. The van der Waals surface area contributed by atoms with Crippen LogP contribution in [-0.4, -0.2) is 6.10 Å². The molecule has 0 amide bonds. The summed E-state index contributed by atoms with van der Waals surface area (Å²) in [6, 6.07) is 25.6. The van der Waals surface area contributed by atoms with E-state index in [9.17, 15) is 0 Å². The van der Waals surface area contributed by atoms with Gasteiger partial charge in [-0.25, -0.2) is 0 Å². The van der Waals surface area contributed by atoms with E-state index in [-0.39, 0.29) is 6.10 Å². The Morgan fingerprint density at radius 3 is 2.48 bits per heavy atom. The number of ether oxygens (including phenoxy) is 1. The molecule has 0 bridgehead atoms. The van der Waals surface area contributed by atoms with Crippen LogP contribution in [0.15, 0.2) is 72.8 Å². The van der Waals surface area contributed by atoms with Crippen molar-refractivity contribution >= 4 is 12.2 Å². The maximum Gasteiger partial charge on any atom is 0.130 e. The fraction of sp³-hybridized carbons (Fsp3) is 0.167. The molecule has 0 aromatic heterocycles. The van der Waals surface area contributed by atoms with Crippen LogP contribution in [0, 0.1) is 6.92 Å². The van der Waals surface area contributed by atoms with E-state index in [0.29, 0.717) is 0 Å². The predicted octanol–water partition coefficient (Wildman–Crippen LogP) is 5.71. The number of aryl methyl sites for hydroxylation is 1. The van der Waals surface area contributed by atoms with E-state index in [1.807, 2.05) is 6.07 Å². The van der Waals surface area contributed by atoms with Gasteiger partial charge in [0.15, 0.2) is 0 Å². The summed E-state index contributed by atoms with van der Waals surface area (Å²) >= 11 is 0. The van der Waals surface area contributed by atoms with Gasteiger partial charge in [0.05, 0.1) is 0 Å². The average molecular weight is 326 g/mol. The molecule has 0 saturated heterocycles. The number of hydrogen-bond acceptors (Lipinski definition) is 1. The number of hydrogen-bond donors (Lipinski definition) is 0. The van der Waals surface area contributed by atoms with Crippen LogP contribution < -0.4 is 4.74 Å². The summed E-state index contributed by atoms with van der Waals surface area (Å²) in [5.41, 5.74) is 6.31. The van der Waals surface area contributed by atoms with Gasteiger partial charge in [0.2, 0.25) is 0 Å². The molecule has 4 rings (SSSR count). The van der Waals surface area contributed by atoms with E-state index in [2.05, 4.69) is 85.8 Å². The molecule has 124 valence electrons. The van der Waals surface area contributed by atoms with Crippen molar-refractivity contribution in [1.82, 2.24) is 0 Å². The van der Waals surface area contributed by atoms with Gasteiger partial charge in [0, 0.05) is 18.4 Å². The van der Waals surface area contributed by atoms with Gasteiger partial charge in [-0.05, 0) is 23.6 Å². The van der Waals surface area contributed by atoms with Crippen molar-refractivity contribution in [3.8, 4) is 5.75 Å². The quantitative estimate of drug-likeness (QED) is 0.558. The van der Waals surface area contributed by atoms with Gasteiger partial charge in [-0.1, -0.05) is 90.5 Å². The zero-order valence-corrected chi connectivity index (χ0v) is 14.5. The third kappa shape index (κ3) is 3.66. The molecule has 1 unspecified atom stereocenters. The third-order valence-electron chi connectivity index (χ3n) is 4.70. The van der Waals surface area contributed by atoms with Gasteiger partial charge in [0.25, 0.3) is 0 Å². The number of fused-ring (bicyclic) bond motifs is 1. The van der Waals surface area contributed by atoms with Gasteiger partial charge in [-0.2, -0.15) is 0 Å². The molecular weight excluding hydrogens is 304 g/mol. The van der Waals surface area contributed by atoms with Gasteiger partial charge >= 0.3 is 0 Å². The molecule has 0 saturated carbocycles. The molecule has 1 heteroatoms. The van der Waals surface area contributed by atoms with E-state index in [1.54, 1.807) is 0 Å². The van der Waals surface area contributed by atoms with Crippen molar-refractivity contribution in [2.24, 2.45) is 0 Å². The summed E-state index contributed by atoms with van der Waals surface area (Å²) in [6.07, 6.45) is 6.46. The number of rotatable bonds is 4. The molecule has 3 aromatic carbocycles. The van der Waals surface area contributed by atoms with Gasteiger partial charge in [-0.3, -0.25) is 0 Å². The molecular formula is C24H22O. The van der Waals surface area contributed by atoms with Crippen LogP contribution in [0.4, 0.5) is 0 Å². The van der Waals surface area contributed by atoms with Crippen LogP contribution in [-0.2, 0) is 12.8 Å². The van der Waals surface area contributed by atoms with Crippen LogP contribution in [0.3, 0.4) is 0 Å². The zero-order valence-electron chi connectivity index (χ0n) is 14.5. The van der Waals surface area contributed by atoms with Crippen molar-refractivity contribution < 1.29 is 4.74 Å². The lowest BCUT2D eigenvalue weighted by atomic mass is 10.0.